The number of nitrogens with one attached hydrogen (secondary N) is 1. The lowest BCUT2D eigenvalue weighted by Gasteiger charge is -2.10. The van der Waals surface area contributed by atoms with Gasteiger partial charge in [-0.25, -0.2) is 4.79 Å². The Hall–Kier alpha value is -1.30. The van der Waals surface area contributed by atoms with Crippen molar-refractivity contribution in [2.24, 2.45) is 5.73 Å². The van der Waals surface area contributed by atoms with Crippen molar-refractivity contribution in [3.8, 4) is 0 Å². The molecule has 0 radical (unpaired) electrons. The summed E-state index contributed by atoms with van der Waals surface area (Å²) in [5.74, 6) is -0.750. The van der Waals surface area contributed by atoms with Crippen LogP contribution in [0.15, 0.2) is 18.2 Å². The van der Waals surface area contributed by atoms with Crippen molar-refractivity contribution in [3.05, 3.63) is 28.8 Å². The summed E-state index contributed by atoms with van der Waals surface area (Å²) in [6.07, 6.45) is 0.896. The van der Waals surface area contributed by atoms with Gasteiger partial charge in [-0.3, -0.25) is 4.79 Å². The third-order valence-electron chi connectivity index (χ3n) is 2.27. The van der Waals surface area contributed by atoms with Crippen LogP contribution >= 0.6 is 24.0 Å². The topological polar surface area (TPSA) is 81.4 Å². The van der Waals surface area contributed by atoms with Gasteiger partial charge in [0.15, 0.2) is 0 Å². The molecule has 0 atom stereocenters. The predicted octanol–water partition coefficient (Wildman–Crippen LogP) is 2.23. The average Bonchev–Trinajstić information content (AvgIpc) is 2.37. The number of hydrogen-bond donors (Lipinski definition) is 2. The quantitative estimate of drug-likeness (QED) is 0.817. The monoisotopic (exact) mass is 306 g/mol. The van der Waals surface area contributed by atoms with E-state index in [0.717, 1.165) is 0 Å². The van der Waals surface area contributed by atoms with Gasteiger partial charge in [0.25, 0.3) is 0 Å². The Labute approximate surface area is 122 Å². The molecule has 0 aromatic heterocycles. The second-order valence-electron chi connectivity index (χ2n) is 3.62. The zero-order valence-corrected chi connectivity index (χ0v) is 12.0. The van der Waals surface area contributed by atoms with Crippen LogP contribution in [-0.2, 0) is 9.53 Å². The van der Waals surface area contributed by atoms with Gasteiger partial charge in [-0.05, 0) is 31.2 Å². The summed E-state index contributed by atoms with van der Waals surface area (Å²) in [6.45, 7) is 0.442. The molecule has 1 aromatic carbocycles. The minimum atomic E-state index is -0.549. The van der Waals surface area contributed by atoms with Gasteiger partial charge in [0.1, 0.15) is 0 Å². The highest BCUT2D eigenvalue weighted by Gasteiger charge is 2.14. The number of hydrogen-bond acceptors (Lipinski definition) is 4. The highest BCUT2D eigenvalue weighted by atomic mass is 35.5. The van der Waals surface area contributed by atoms with Crippen LogP contribution in [0.5, 0.6) is 0 Å². The Morgan fingerprint density at radius 3 is 2.68 bits per heavy atom. The van der Waals surface area contributed by atoms with Crippen LogP contribution in [0.3, 0.4) is 0 Å². The summed E-state index contributed by atoms with van der Waals surface area (Å²) in [7, 11) is 1.27. The van der Waals surface area contributed by atoms with Crippen LogP contribution < -0.4 is 11.1 Å². The number of carbonyl (C=O) groups is 2. The van der Waals surface area contributed by atoms with Crippen LogP contribution in [0.25, 0.3) is 0 Å². The first-order valence-electron chi connectivity index (χ1n) is 5.46. The zero-order chi connectivity index (χ0) is 13.5. The zero-order valence-electron chi connectivity index (χ0n) is 10.4. The van der Waals surface area contributed by atoms with Gasteiger partial charge in [0, 0.05) is 11.4 Å². The molecule has 5 nitrogen and oxygen atoms in total. The third-order valence-corrected chi connectivity index (χ3v) is 2.50. The SMILES string of the molecule is COC(=O)c1cc(Cl)ccc1NC(=O)CCCN.Cl. The number of anilines is 1. The fraction of sp³-hybridized carbons (Fsp3) is 0.333. The summed E-state index contributed by atoms with van der Waals surface area (Å²) >= 11 is 5.80. The Morgan fingerprint density at radius 1 is 1.42 bits per heavy atom. The summed E-state index contributed by atoms with van der Waals surface area (Å²) in [5, 5.41) is 3.03. The molecule has 0 saturated carbocycles. The molecular formula is C12H16Cl2N2O3. The third kappa shape index (κ3) is 5.46. The molecule has 0 fully saturated rings. The van der Waals surface area contributed by atoms with Crippen molar-refractivity contribution in [1.29, 1.82) is 0 Å². The molecule has 1 amide bonds. The normalized spacial score (nSPS) is 9.42. The van der Waals surface area contributed by atoms with Crippen molar-refractivity contribution in [2.45, 2.75) is 12.8 Å². The summed E-state index contributed by atoms with van der Waals surface area (Å²) in [6, 6.07) is 4.60. The molecular weight excluding hydrogens is 291 g/mol. The Morgan fingerprint density at radius 2 is 2.11 bits per heavy atom. The number of rotatable bonds is 5. The lowest BCUT2D eigenvalue weighted by atomic mass is 10.1. The minimum absolute atomic E-state index is 0. The van der Waals surface area contributed by atoms with E-state index in [1.54, 1.807) is 12.1 Å². The number of benzene rings is 1. The number of nitrogens with two attached hydrogens (primary N) is 1. The molecule has 0 aliphatic heterocycles. The molecule has 7 heteroatoms. The maximum atomic E-state index is 11.6. The van der Waals surface area contributed by atoms with Crippen LogP contribution in [0, 0.1) is 0 Å². The molecule has 0 aliphatic carbocycles. The fourth-order valence-corrected chi connectivity index (χ4v) is 1.55. The number of halogens is 2. The summed E-state index contributed by atoms with van der Waals surface area (Å²) in [5.41, 5.74) is 5.93. The molecule has 0 aliphatic rings. The van der Waals surface area contributed by atoms with Gasteiger partial charge in [0.05, 0.1) is 18.4 Å². The molecule has 3 N–H and O–H groups in total. The van der Waals surface area contributed by atoms with Gasteiger partial charge in [0.2, 0.25) is 5.91 Å². The number of carbonyl (C=O) groups excluding carboxylic acids is 2. The Kier molecular flexibility index (Phi) is 8.14. The number of ether oxygens (including phenoxy) is 1. The van der Waals surface area contributed by atoms with E-state index < -0.39 is 5.97 Å². The van der Waals surface area contributed by atoms with Crippen LogP contribution in [0.4, 0.5) is 5.69 Å². The van der Waals surface area contributed by atoms with Gasteiger partial charge >= 0.3 is 5.97 Å². The first-order valence-corrected chi connectivity index (χ1v) is 5.84. The average molecular weight is 307 g/mol. The molecule has 0 unspecified atom stereocenters. The standard InChI is InChI=1S/C12H15ClN2O3.ClH/c1-18-12(17)9-7-8(13)4-5-10(9)15-11(16)3-2-6-14;/h4-5,7H,2-3,6,14H2,1H3,(H,15,16);1H. The van der Waals surface area contributed by atoms with Crippen LogP contribution in [0.1, 0.15) is 23.2 Å². The highest BCUT2D eigenvalue weighted by Crippen LogP contribution is 2.21. The second-order valence-corrected chi connectivity index (χ2v) is 4.06. The predicted molar refractivity (Wildman–Crippen MR) is 77.0 cm³/mol. The van der Waals surface area contributed by atoms with Crippen molar-refractivity contribution >= 4 is 41.6 Å². The largest absolute Gasteiger partial charge is 0.465 e. The van der Waals surface area contributed by atoms with Crippen molar-refractivity contribution < 1.29 is 14.3 Å². The van der Waals surface area contributed by atoms with E-state index in [4.69, 9.17) is 17.3 Å². The van der Waals surface area contributed by atoms with Gasteiger partial charge < -0.3 is 15.8 Å². The summed E-state index contributed by atoms with van der Waals surface area (Å²) < 4.78 is 4.63. The molecule has 19 heavy (non-hydrogen) atoms. The number of methoxy groups -OCH3 is 1. The molecule has 106 valence electrons. The molecule has 0 saturated heterocycles. The number of amides is 1. The molecule has 0 heterocycles. The number of esters is 1. The molecule has 0 spiro atoms. The molecule has 0 bridgehead atoms. The van der Waals surface area contributed by atoms with Crippen molar-refractivity contribution in [1.82, 2.24) is 0 Å². The van der Waals surface area contributed by atoms with Crippen LogP contribution in [0.2, 0.25) is 5.02 Å². The maximum absolute atomic E-state index is 11.6. The smallest absolute Gasteiger partial charge is 0.340 e. The Bertz CT molecular complexity index is 453. The first kappa shape index (κ1) is 17.7. The van der Waals surface area contributed by atoms with Gasteiger partial charge in [-0.2, -0.15) is 0 Å². The molecule has 1 aromatic rings. The van der Waals surface area contributed by atoms with Crippen molar-refractivity contribution in [2.75, 3.05) is 19.0 Å². The fourth-order valence-electron chi connectivity index (χ4n) is 1.38. The lowest BCUT2D eigenvalue weighted by Crippen LogP contribution is -2.16. The van der Waals surface area contributed by atoms with E-state index in [-0.39, 0.29) is 23.9 Å². The van der Waals surface area contributed by atoms with Crippen molar-refractivity contribution in [3.63, 3.8) is 0 Å². The Balaban J connectivity index is 0.00000324. The lowest BCUT2D eigenvalue weighted by molar-refractivity contribution is -0.116. The van der Waals surface area contributed by atoms with E-state index in [2.05, 4.69) is 10.1 Å². The van der Waals surface area contributed by atoms with Gasteiger partial charge in [-0.15, -0.1) is 12.4 Å². The van der Waals surface area contributed by atoms with E-state index in [9.17, 15) is 9.59 Å². The van der Waals surface area contributed by atoms with Crippen LogP contribution in [-0.4, -0.2) is 25.5 Å². The van der Waals surface area contributed by atoms with E-state index in [0.29, 0.717) is 30.1 Å². The van der Waals surface area contributed by atoms with E-state index in [1.807, 2.05) is 0 Å². The summed E-state index contributed by atoms with van der Waals surface area (Å²) in [4.78, 5) is 23.1. The second kappa shape index (κ2) is 8.74. The minimum Gasteiger partial charge on any atom is -0.465 e. The van der Waals surface area contributed by atoms with Gasteiger partial charge in [-0.1, -0.05) is 11.6 Å². The molecule has 1 rings (SSSR count). The maximum Gasteiger partial charge on any atom is 0.340 e. The van der Waals surface area contributed by atoms with E-state index in [1.165, 1.54) is 13.2 Å². The highest BCUT2D eigenvalue weighted by molar-refractivity contribution is 6.31. The van der Waals surface area contributed by atoms with E-state index >= 15 is 0 Å². The first-order chi connectivity index (χ1) is 8.58.